The second-order valence-corrected chi connectivity index (χ2v) is 22.2. The van der Waals surface area contributed by atoms with Crippen LogP contribution in [0.5, 0.6) is 0 Å². The lowest BCUT2D eigenvalue weighted by molar-refractivity contribution is -0.161. The quantitative estimate of drug-likeness (QED) is 0.0222. The molecule has 2 unspecified atom stereocenters. The standard InChI is InChI=1S/C53H102O17P2/c1-5-9-13-15-17-19-21-23-24-25-27-29-31-33-36-40-53(58)70-49(44-64-51(56)38-35-32-30-28-26-22-20-18-16-14-10-6-2)46-68-72(61,62)66-42-47(54)41-65-71(59,60)67-45-48(43-63-50(55)37-12-8-4)69-52(57)39-34-11-7-3/h47-49,54H,5-46H2,1-4H3,(H,59,60)(H,61,62)/t47-,48+,49+/m0/s1. The van der Waals surface area contributed by atoms with Crippen LogP contribution in [0.25, 0.3) is 0 Å². The molecule has 19 heteroatoms. The van der Waals surface area contributed by atoms with Gasteiger partial charge in [0.2, 0.25) is 0 Å². The molecule has 17 nitrogen and oxygen atoms in total. The Morgan fingerprint density at radius 3 is 0.889 bits per heavy atom. The van der Waals surface area contributed by atoms with Gasteiger partial charge in [-0.3, -0.25) is 37.3 Å². The number of carbonyl (C=O) groups is 4. The van der Waals surface area contributed by atoms with Gasteiger partial charge in [0.05, 0.1) is 26.4 Å². The molecule has 0 heterocycles. The molecule has 3 N–H and O–H groups in total. The van der Waals surface area contributed by atoms with E-state index in [1.54, 1.807) is 0 Å². The van der Waals surface area contributed by atoms with E-state index < -0.39 is 97.5 Å². The van der Waals surface area contributed by atoms with Gasteiger partial charge in [-0.2, -0.15) is 0 Å². The van der Waals surface area contributed by atoms with Gasteiger partial charge in [-0.1, -0.05) is 207 Å². The first-order valence-corrected chi connectivity index (χ1v) is 31.3. The molecule has 0 saturated carbocycles. The zero-order valence-corrected chi connectivity index (χ0v) is 47.2. The first kappa shape index (κ1) is 70.1. The minimum atomic E-state index is -4.93. The number of aliphatic hydroxyl groups excluding tert-OH is 1. The van der Waals surface area contributed by atoms with E-state index in [0.717, 1.165) is 64.2 Å². The molecule has 0 saturated heterocycles. The summed E-state index contributed by atoms with van der Waals surface area (Å²) >= 11 is 0. The predicted molar refractivity (Wildman–Crippen MR) is 280 cm³/mol. The Kier molecular flexibility index (Phi) is 47.4. The summed E-state index contributed by atoms with van der Waals surface area (Å²) in [5.41, 5.74) is 0. The van der Waals surface area contributed by atoms with Crippen molar-refractivity contribution in [2.24, 2.45) is 0 Å². The normalized spacial score (nSPS) is 14.5. The molecule has 0 aromatic heterocycles. The molecule has 5 atom stereocenters. The molecule has 0 aliphatic heterocycles. The topological polar surface area (TPSA) is 237 Å². The summed E-state index contributed by atoms with van der Waals surface area (Å²) in [6.45, 7) is 4.36. The summed E-state index contributed by atoms with van der Waals surface area (Å²) in [7, 11) is -9.83. The largest absolute Gasteiger partial charge is 0.472 e. The summed E-state index contributed by atoms with van der Waals surface area (Å²) in [4.78, 5) is 70.6. The van der Waals surface area contributed by atoms with Crippen molar-refractivity contribution in [3.63, 3.8) is 0 Å². The number of carbonyl (C=O) groups excluding carboxylic acids is 4. The van der Waals surface area contributed by atoms with Crippen LogP contribution in [-0.2, 0) is 65.4 Å². The van der Waals surface area contributed by atoms with E-state index in [9.17, 15) is 43.2 Å². The molecule has 0 bridgehead atoms. The summed E-state index contributed by atoms with van der Waals surface area (Å²) in [5, 5.41) is 10.4. The molecule has 0 aliphatic carbocycles. The van der Waals surface area contributed by atoms with E-state index in [4.69, 9.17) is 37.0 Å². The third kappa shape index (κ3) is 47.8. The highest BCUT2D eigenvalue weighted by Gasteiger charge is 2.30. The average molecular weight is 1070 g/mol. The van der Waals surface area contributed by atoms with Crippen LogP contribution in [0.15, 0.2) is 0 Å². The minimum Gasteiger partial charge on any atom is -0.462 e. The number of unbranched alkanes of at least 4 members (excludes halogenated alkanes) is 28. The molecule has 0 radical (unpaired) electrons. The molecule has 0 rings (SSSR count). The van der Waals surface area contributed by atoms with Gasteiger partial charge in [0.1, 0.15) is 19.3 Å². The van der Waals surface area contributed by atoms with Gasteiger partial charge < -0.3 is 33.8 Å². The lowest BCUT2D eigenvalue weighted by Gasteiger charge is -2.21. The maximum absolute atomic E-state index is 12.9. The molecule has 0 amide bonds. The van der Waals surface area contributed by atoms with Crippen LogP contribution in [0, 0.1) is 0 Å². The second kappa shape index (κ2) is 48.7. The van der Waals surface area contributed by atoms with Gasteiger partial charge >= 0.3 is 39.5 Å². The Balaban J connectivity index is 5.03. The van der Waals surface area contributed by atoms with Gasteiger partial charge in [0.15, 0.2) is 12.2 Å². The predicted octanol–water partition coefficient (Wildman–Crippen LogP) is 13.6. The Bertz CT molecular complexity index is 1420. The fourth-order valence-electron chi connectivity index (χ4n) is 7.67. The summed E-state index contributed by atoms with van der Waals surface area (Å²) < 4.78 is 66.6. The number of phosphoric acid groups is 2. The third-order valence-electron chi connectivity index (χ3n) is 12.1. The molecule has 72 heavy (non-hydrogen) atoms. The lowest BCUT2D eigenvalue weighted by atomic mass is 10.0. The maximum Gasteiger partial charge on any atom is 0.472 e. The molecule has 0 fully saturated rings. The maximum atomic E-state index is 12.9. The Labute approximate surface area is 435 Å². The van der Waals surface area contributed by atoms with Gasteiger partial charge in [0, 0.05) is 25.7 Å². The van der Waals surface area contributed by atoms with Crippen molar-refractivity contribution in [1.82, 2.24) is 0 Å². The van der Waals surface area contributed by atoms with Crippen LogP contribution in [0.3, 0.4) is 0 Å². The van der Waals surface area contributed by atoms with Crippen LogP contribution in [0.2, 0.25) is 0 Å². The number of esters is 4. The number of ether oxygens (including phenoxy) is 4. The van der Waals surface area contributed by atoms with E-state index in [2.05, 4.69) is 13.8 Å². The number of rotatable bonds is 54. The molecular weight excluding hydrogens is 971 g/mol. The second-order valence-electron chi connectivity index (χ2n) is 19.3. The van der Waals surface area contributed by atoms with Crippen molar-refractivity contribution < 1.29 is 80.2 Å². The molecular formula is C53H102O17P2. The van der Waals surface area contributed by atoms with E-state index >= 15 is 0 Å². The van der Waals surface area contributed by atoms with Crippen LogP contribution in [0.4, 0.5) is 0 Å². The number of phosphoric ester groups is 2. The Morgan fingerprint density at radius 2 is 0.569 bits per heavy atom. The highest BCUT2D eigenvalue weighted by molar-refractivity contribution is 7.47. The Hall–Kier alpha value is -1.94. The smallest absolute Gasteiger partial charge is 0.462 e. The van der Waals surface area contributed by atoms with Gasteiger partial charge in [-0.15, -0.1) is 0 Å². The highest BCUT2D eigenvalue weighted by Crippen LogP contribution is 2.45. The zero-order chi connectivity index (χ0) is 53.4. The van der Waals surface area contributed by atoms with Crippen LogP contribution >= 0.6 is 15.6 Å². The number of hydrogen-bond donors (Lipinski definition) is 3. The first-order chi connectivity index (χ1) is 34.7. The van der Waals surface area contributed by atoms with Crippen LogP contribution in [0.1, 0.15) is 259 Å². The first-order valence-electron chi connectivity index (χ1n) is 28.3. The van der Waals surface area contributed by atoms with Crippen LogP contribution < -0.4 is 0 Å². The van der Waals surface area contributed by atoms with Gasteiger partial charge in [0.25, 0.3) is 0 Å². The summed E-state index contributed by atoms with van der Waals surface area (Å²) in [6, 6.07) is 0. The van der Waals surface area contributed by atoms with Crippen molar-refractivity contribution >= 4 is 39.5 Å². The highest BCUT2D eigenvalue weighted by atomic mass is 31.2. The van der Waals surface area contributed by atoms with Crippen molar-refractivity contribution in [1.29, 1.82) is 0 Å². The number of aliphatic hydroxyl groups is 1. The average Bonchev–Trinajstić information content (AvgIpc) is 3.35. The third-order valence-corrected chi connectivity index (χ3v) is 14.0. The van der Waals surface area contributed by atoms with E-state index in [1.165, 1.54) is 116 Å². The van der Waals surface area contributed by atoms with Crippen molar-refractivity contribution in [3.8, 4) is 0 Å². The Morgan fingerprint density at radius 1 is 0.333 bits per heavy atom. The van der Waals surface area contributed by atoms with Crippen molar-refractivity contribution in [2.75, 3.05) is 39.6 Å². The molecule has 0 aromatic rings. The molecule has 0 spiro atoms. The van der Waals surface area contributed by atoms with E-state index in [0.29, 0.717) is 25.7 Å². The van der Waals surface area contributed by atoms with Crippen molar-refractivity contribution in [3.05, 3.63) is 0 Å². The fraction of sp³-hybridized carbons (Fsp3) is 0.925. The molecule has 0 aromatic carbocycles. The summed E-state index contributed by atoms with van der Waals surface area (Å²) in [5.74, 6) is -2.21. The monoisotopic (exact) mass is 1070 g/mol. The molecule has 0 aliphatic rings. The molecule has 426 valence electrons. The van der Waals surface area contributed by atoms with E-state index in [-0.39, 0.29) is 25.7 Å². The van der Waals surface area contributed by atoms with Crippen LogP contribution in [-0.4, -0.2) is 96.7 Å². The number of hydrogen-bond acceptors (Lipinski definition) is 15. The van der Waals surface area contributed by atoms with Gasteiger partial charge in [-0.25, -0.2) is 9.13 Å². The lowest BCUT2D eigenvalue weighted by Crippen LogP contribution is -2.30. The van der Waals surface area contributed by atoms with E-state index in [1.807, 2.05) is 13.8 Å². The minimum absolute atomic E-state index is 0.0877. The fourth-order valence-corrected chi connectivity index (χ4v) is 9.25. The SMILES string of the molecule is CCCCCCCCCCCCCCCCCC(=O)O[C@H](COC(=O)CCCCCCCCCCCCCC)COP(=O)(O)OC[C@@H](O)COP(=O)(O)OC[C@@H](COC(=O)CCCC)OC(=O)CCCCC. The summed E-state index contributed by atoms with van der Waals surface area (Å²) in [6.07, 6.45) is 31.4. The van der Waals surface area contributed by atoms with Crippen molar-refractivity contribution in [2.45, 2.75) is 277 Å². The zero-order valence-electron chi connectivity index (χ0n) is 45.4. The van der Waals surface area contributed by atoms with Gasteiger partial charge in [-0.05, 0) is 25.7 Å².